The second-order valence-electron chi connectivity index (χ2n) is 8.89. The Kier molecular flexibility index (Phi) is 6.79. The van der Waals surface area contributed by atoms with Gasteiger partial charge in [-0.05, 0) is 48.3 Å². The molecule has 1 aromatic carbocycles. The Morgan fingerprint density at radius 3 is 2.48 bits per heavy atom. The van der Waals surface area contributed by atoms with Gasteiger partial charge in [-0.2, -0.15) is 16.1 Å². The third-order valence-corrected chi connectivity index (χ3v) is 8.69. The molecule has 2 heterocycles. The normalized spacial score (nSPS) is 18.8. The number of hydrogen-bond donors (Lipinski definition) is 2. The smallest absolute Gasteiger partial charge is 0.268 e. The van der Waals surface area contributed by atoms with Gasteiger partial charge < -0.3 is 10.3 Å². The highest BCUT2D eigenvalue weighted by Crippen LogP contribution is 2.41. The van der Waals surface area contributed by atoms with Gasteiger partial charge >= 0.3 is 0 Å². The summed E-state index contributed by atoms with van der Waals surface area (Å²) >= 11 is 1.76. The van der Waals surface area contributed by atoms with Gasteiger partial charge in [0, 0.05) is 30.8 Å². The number of carbonyl (C=O) groups excluding carboxylic acids is 1. The number of sulfonamides is 1. The van der Waals surface area contributed by atoms with Crippen LogP contribution < -0.4 is 5.32 Å². The molecule has 0 bridgehead atoms. The predicted octanol–water partition coefficient (Wildman–Crippen LogP) is 3.83. The molecule has 4 rings (SSSR count). The third-order valence-electron chi connectivity index (χ3n) is 5.87. The number of aromatic nitrogens is 1. The molecule has 1 saturated carbocycles. The molecular weight excluding hydrogens is 430 g/mol. The Balaban J connectivity index is 1.46. The van der Waals surface area contributed by atoms with Crippen LogP contribution in [0.3, 0.4) is 0 Å². The van der Waals surface area contributed by atoms with Gasteiger partial charge in [0.05, 0.1) is 6.04 Å². The fraction of sp³-hybridized carbons (Fsp3) is 0.522. The summed E-state index contributed by atoms with van der Waals surface area (Å²) < 4.78 is 27.2. The predicted molar refractivity (Wildman–Crippen MR) is 125 cm³/mol. The molecule has 0 spiro atoms. The molecule has 168 valence electrons. The van der Waals surface area contributed by atoms with Gasteiger partial charge in [0.15, 0.2) is 0 Å². The second kappa shape index (κ2) is 9.38. The van der Waals surface area contributed by atoms with Crippen LogP contribution in [-0.4, -0.2) is 48.2 Å². The number of thioether (sulfide) groups is 1. The number of nitrogens with zero attached hydrogens (tertiary/aromatic N) is 1. The Morgan fingerprint density at radius 2 is 1.87 bits per heavy atom. The Hall–Kier alpha value is -1.77. The molecule has 1 aromatic heterocycles. The number of carbonyl (C=O) groups is 1. The van der Waals surface area contributed by atoms with Crippen LogP contribution in [0.15, 0.2) is 41.4 Å². The van der Waals surface area contributed by atoms with Gasteiger partial charge in [-0.25, -0.2) is 8.42 Å². The molecule has 1 unspecified atom stereocenters. The van der Waals surface area contributed by atoms with E-state index in [9.17, 15) is 13.2 Å². The number of benzene rings is 1. The van der Waals surface area contributed by atoms with Gasteiger partial charge in [0.25, 0.3) is 5.91 Å². The van der Waals surface area contributed by atoms with Crippen molar-refractivity contribution < 1.29 is 13.2 Å². The fourth-order valence-electron chi connectivity index (χ4n) is 4.04. The van der Waals surface area contributed by atoms with Gasteiger partial charge in [0.1, 0.15) is 10.6 Å². The van der Waals surface area contributed by atoms with Crippen molar-refractivity contribution in [2.75, 3.05) is 24.6 Å². The number of rotatable bonds is 8. The van der Waals surface area contributed by atoms with E-state index in [1.54, 1.807) is 11.8 Å². The van der Waals surface area contributed by atoms with E-state index >= 15 is 0 Å². The monoisotopic (exact) mass is 461 g/mol. The average Bonchev–Trinajstić information content (AvgIpc) is 3.47. The van der Waals surface area contributed by atoms with Crippen molar-refractivity contribution in [3.05, 3.63) is 53.3 Å². The number of H-pyrrole nitrogens is 1. The topological polar surface area (TPSA) is 82.3 Å². The lowest BCUT2D eigenvalue weighted by molar-refractivity contribution is 0.0927. The summed E-state index contributed by atoms with van der Waals surface area (Å²) in [7, 11) is -3.57. The van der Waals surface area contributed by atoms with Crippen LogP contribution in [0.4, 0.5) is 0 Å². The molecule has 31 heavy (non-hydrogen) atoms. The summed E-state index contributed by atoms with van der Waals surface area (Å²) in [4.78, 5) is 16.0. The Labute approximate surface area is 189 Å². The zero-order valence-electron chi connectivity index (χ0n) is 18.1. The van der Waals surface area contributed by atoms with E-state index in [2.05, 4.69) is 48.4 Å². The van der Waals surface area contributed by atoms with E-state index in [1.807, 2.05) is 0 Å². The lowest BCUT2D eigenvalue weighted by Gasteiger charge is -2.24. The zero-order valence-corrected chi connectivity index (χ0v) is 19.8. The van der Waals surface area contributed by atoms with Gasteiger partial charge in [-0.15, -0.1) is 0 Å². The summed E-state index contributed by atoms with van der Waals surface area (Å²) in [5, 5.41) is 3.13. The molecule has 1 saturated heterocycles. The summed E-state index contributed by atoms with van der Waals surface area (Å²) in [6.07, 6.45) is 4.65. The van der Waals surface area contributed by atoms with Crippen molar-refractivity contribution in [1.82, 2.24) is 14.6 Å². The quantitative estimate of drug-likeness (QED) is 0.626. The van der Waals surface area contributed by atoms with Gasteiger partial charge in [-0.1, -0.05) is 38.1 Å². The maximum absolute atomic E-state index is 12.9. The summed E-state index contributed by atoms with van der Waals surface area (Å²) in [6.45, 7) is 5.43. The minimum Gasteiger partial charge on any atom is -0.356 e. The van der Waals surface area contributed by atoms with E-state index in [0.29, 0.717) is 24.9 Å². The molecule has 1 amide bonds. The highest BCUT2D eigenvalue weighted by Gasteiger charge is 2.34. The molecule has 2 aromatic rings. The van der Waals surface area contributed by atoms with Crippen molar-refractivity contribution in [2.45, 2.75) is 44.0 Å². The molecule has 8 heteroatoms. The van der Waals surface area contributed by atoms with Gasteiger partial charge in [0.2, 0.25) is 10.0 Å². The van der Waals surface area contributed by atoms with Crippen LogP contribution in [-0.2, 0) is 16.4 Å². The maximum atomic E-state index is 12.9. The van der Waals surface area contributed by atoms with Crippen LogP contribution >= 0.6 is 11.8 Å². The van der Waals surface area contributed by atoms with Crippen LogP contribution in [0.5, 0.6) is 0 Å². The first-order valence-electron chi connectivity index (χ1n) is 11.0. The molecule has 2 aliphatic rings. The van der Waals surface area contributed by atoms with E-state index < -0.39 is 10.0 Å². The summed E-state index contributed by atoms with van der Waals surface area (Å²) in [5.41, 5.74) is 2.69. The van der Waals surface area contributed by atoms with Crippen LogP contribution in [0.1, 0.15) is 54.3 Å². The molecule has 1 aliphatic heterocycles. The standard InChI is InChI=1S/C23H31N3O3S2/c1-16(2)13-17-3-5-18(6-4-17)22(19-7-8-19)25-23(27)21-14-20(15-24-21)31(28,29)26-9-11-30-12-10-26/h3-6,14-16,19,22,24H,7-13H2,1-2H3,(H,25,27). The largest absolute Gasteiger partial charge is 0.356 e. The summed E-state index contributed by atoms with van der Waals surface area (Å²) in [5.74, 6) is 2.38. The third kappa shape index (κ3) is 5.35. The van der Waals surface area contributed by atoms with Crippen LogP contribution in [0.2, 0.25) is 0 Å². The highest BCUT2D eigenvalue weighted by molar-refractivity contribution is 7.99. The van der Waals surface area contributed by atoms with E-state index in [1.165, 1.54) is 22.1 Å². The second-order valence-corrected chi connectivity index (χ2v) is 12.1. The van der Waals surface area contributed by atoms with Crippen LogP contribution in [0.25, 0.3) is 0 Å². The zero-order chi connectivity index (χ0) is 22.0. The molecule has 2 N–H and O–H groups in total. The first-order chi connectivity index (χ1) is 14.8. The average molecular weight is 462 g/mol. The molecule has 1 aliphatic carbocycles. The van der Waals surface area contributed by atoms with E-state index in [0.717, 1.165) is 36.3 Å². The number of hydrogen-bond acceptors (Lipinski definition) is 4. The van der Waals surface area contributed by atoms with Crippen molar-refractivity contribution >= 4 is 27.7 Å². The molecule has 6 nitrogen and oxygen atoms in total. The first kappa shape index (κ1) is 22.4. The minimum atomic E-state index is -3.57. The number of amides is 1. The molecule has 0 radical (unpaired) electrons. The molecule has 2 fully saturated rings. The SMILES string of the molecule is CC(C)Cc1ccc(C(NC(=O)c2cc(S(=O)(=O)N3CCSCC3)c[nH]2)C2CC2)cc1. The van der Waals surface area contributed by atoms with Crippen molar-refractivity contribution in [2.24, 2.45) is 11.8 Å². The van der Waals surface area contributed by atoms with Crippen molar-refractivity contribution in [1.29, 1.82) is 0 Å². The highest BCUT2D eigenvalue weighted by atomic mass is 32.2. The van der Waals surface area contributed by atoms with E-state index in [4.69, 9.17) is 0 Å². The summed E-state index contributed by atoms with van der Waals surface area (Å²) in [6, 6.07) is 9.92. The molecule has 1 atom stereocenters. The van der Waals surface area contributed by atoms with E-state index in [-0.39, 0.29) is 22.5 Å². The lowest BCUT2D eigenvalue weighted by Crippen LogP contribution is -2.37. The lowest BCUT2D eigenvalue weighted by atomic mass is 9.97. The Morgan fingerprint density at radius 1 is 1.19 bits per heavy atom. The maximum Gasteiger partial charge on any atom is 0.268 e. The van der Waals surface area contributed by atoms with Crippen molar-refractivity contribution in [3.63, 3.8) is 0 Å². The first-order valence-corrected chi connectivity index (χ1v) is 13.6. The number of nitrogens with one attached hydrogen (secondary N) is 2. The van der Waals surface area contributed by atoms with Crippen LogP contribution in [0, 0.1) is 11.8 Å². The van der Waals surface area contributed by atoms with Crippen molar-refractivity contribution in [3.8, 4) is 0 Å². The molecular formula is C23H31N3O3S2. The van der Waals surface area contributed by atoms with Gasteiger partial charge in [-0.3, -0.25) is 4.79 Å². The number of aromatic amines is 1. The fourth-order valence-corrected chi connectivity index (χ4v) is 6.62. The Bertz CT molecular complexity index is 1000. The minimum absolute atomic E-state index is 0.0527.